The molecule has 1 aliphatic rings. The molecular formula is C42H49N13O8. The Morgan fingerprint density at radius 1 is 0.746 bits per heavy atom. The number of nitrogens with one attached hydrogen (secondary N) is 3. The second-order valence-electron chi connectivity index (χ2n) is 15.2. The van der Waals surface area contributed by atoms with Crippen molar-refractivity contribution in [1.82, 2.24) is 48.9 Å². The number of primary amides is 1. The normalized spacial score (nSPS) is 14.0. The van der Waals surface area contributed by atoms with Crippen LogP contribution in [-0.4, -0.2) is 118 Å². The van der Waals surface area contributed by atoms with Crippen LogP contribution in [0.25, 0.3) is 22.1 Å². The van der Waals surface area contributed by atoms with E-state index < -0.39 is 35.6 Å². The number of hydrogen-bond donors (Lipinski definition) is 5. The number of anilines is 2. The summed E-state index contributed by atoms with van der Waals surface area (Å²) in [6.07, 6.45) is 3.96. The Morgan fingerprint density at radius 2 is 1.22 bits per heavy atom. The molecule has 1 atom stereocenters. The molecule has 21 heteroatoms. The summed E-state index contributed by atoms with van der Waals surface area (Å²) in [6.45, 7) is 8.73. The molecule has 0 saturated carbocycles. The van der Waals surface area contributed by atoms with E-state index in [-0.39, 0.29) is 67.1 Å². The number of aliphatic carboxylic acids is 1. The Bertz CT molecular complexity index is 2790. The van der Waals surface area contributed by atoms with Crippen LogP contribution in [0.15, 0.2) is 48.6 Å². The summed E-state index contributed by atoms with van der Waals surface area (Å²) in [5, 5.41) is 27.1. The van der Waals surface area contributed by atoms with Crippen LogP contribution >= 0.6 is 0 Å². The molecule has 6 aromatic rings. The van der Waals surface area contributed by atoms with Crippen molar-refractivity contribution >= 4 is 63.6 Å². The molecule has 0 saturated heterocycles. The number of carboxylic acids is 1. The highest BCUT2D eigenvalue weighted by atomic mass is 16.5. The lowest BCUT2D eigenvalue weighted by Gasteiger charge is -2.19. The summed E-state index contributed by atoms with van der Waals surface area (Å²) in [5.74, 6) is -2.64. The van der Waals surface area contributed by atoms with Gasteiger partial charge in [0.25, 0.3) is 17.7 Å². The van der Waals surface area contributed by atoms with E-state index in [2.05, 4.69) is 26.1 Å². The maximum absolute atomic E-state index is 13.8. The van der Waals surface area contributed by atoms with E-state index in [0.717, 1.165) is 0 Å². The number of carboxylic acid groups (broad SMARTS) is 1. The average molecular weight is 864 g/mol. The quantitative estimate of drug-likeness (QED) is 0.111. The number of ether oxygens (including phenoxy) is 2. The van der Waals surface area contributed by atoms with Crippen LogP contribution in [0.5, 0.6) is 11.5 Å². The zero-order valence-electron chi connectivity index (χ0n) is 35.8. The number of amides is 4. The van der Waals surface area contributed by atoms with E-state index in [4.69, 9.17) is 25.2 Å². The molecule has 330 valence electrons. The van der Waals surface area contributed by atoms with Crippen molar-refractivity contribution in [2.75, 3.05) is 44.5 Å². The summed E-state index contributed by atoms with van der Waals surface area (Å²) in [5.41, 5.74) is 9.51. The van der Waals surface area contributed by atoms with Crippen LogP contribution in [0.3, 0.4) is 0 Å². The Balaban J connectivity index is 1.32. The van der Waals surface area contributed by atoms with E-state index in [1.807, 2.05) is 26.0 Å². The number of aromatic nitrogens is 8. The SMILES string of the molecule is CCn1nc(C)cc1C(=O)Nc1nc2cc(C(N)=O)cc3c2n1C/C=C/Cn1c(NC(=O)c2cc(C)nn2CC)nc2cc(C(=O)N[C@@H](CN(C)C)C(=O)O)cc(c21)OCCCO3. The molecule has 5 heterocycles. The molecule has 4 aromatic heterocycles. The predicted molar refractivity (Wildman–Crippen MR) is 231 cm³/mol. The fraction of sp³-hybridized carbons (Fsp3) is 0.357. The molecule has 0 bridgehead atoms. The molecule has 0 unspecified atom stereocenters. The van der Waals surface area contributed by atoms with Gasteiger partial charge in [-0.15, -0.1) is 0 Å². The Kier molecular flexibility index (Phi) is 12.6. The topological polar surface area (TPSA) is 261 Å². The van der Waals surface area contributed by atoms with Gasteiger partial charge in [0.2, 0.25) is 17.8 Å². The minimum absolute atomic E-state index is 0.0462. The lowest BCUT2D eigenvalue weighted by Crippen LogP contribution is -2.46. The number of rotatable bonds is 12. The highest BCUT2D eigenvalue weighted by Crippen LogP contribution is 2.34. The fourth-order valence-corrected chi connectivity index (χ4v) is 7.34. The van der Waals surface area contributed by atoms with Gasteiger partial charge < -0.3 is 39.7 Å². The zero-order chi connectivity index (χ0) is 45.1. The van der Waals surface area contributed by atoms with Crippen molar-refractivity contribution in [3.05, 3.63) is 82.5 Å². The van der Waals surface area contributed by atoms with Gasteiger partial charge in [0.1, 0.15) is 40.0 Å². The van der Waals surface area contributed by atoms with E-state index in [1.54, 1.807) is 63.5 Å². The molecular weight excluding hydrogens is 815 g/mol. The number of likely N-dealkylation sites (N-methyl/N-ethyl adjacent to an activating group) is 1. The highest BCUT2D eigenvalue weighted by Gasteiger charge is 2.26. The lowest BCUT2D eigenvalue weighted by atomic mass is 10.1. The first-order chi connectivity index (χ1) is 30.1. The van der Waals surface area contributed by atoms with Crippen LogP contribution in [0.4, 0.5) is 11.9 Å². The third-order valence-corrected chi connectivity index (χ3v) is 10.2. The maximum Gasteiger partial charge on any atom is 0.327 e. The largest absolute Gasteiger partial charge is 0.491 e. The Morgan fingerprint density at radius 3 is 1.67 bits per heavy atom. The zero-order valence-corrected chi connectivity index (χ0v) is 35.8. The van der Waals surface area contributed by atoms with Crippen molar-refractivity contribution in [2.45, 2.75) is 66.3 Å². The number of nitrogens with two attached hydrogens (primary N) is 1. The van der Waals surface area contributed by atoms with Crippen LogP contribution in [0, 0.1) is 13.8 Å². The number of imidazole rings is 2. The molecule has 0 aliphatic carbocycles. The highest BCUT2D eigenvalue weighted by molar-refractivity contribution is 6.06. The van der Waals surface area contributed by atoms with Crippen LogP contribution < -0.4 is 31.2 Å². The van der Waals surface area contributed by atoms with Gasteiger partial charge in [-0.05, 0) is 78.2 Å². The van der Waals surface area contributed by atoms with Crippen molar-refractivity contribution in [1.29, 1.82) is 0 Å². The average Bonchev–Trinajstić information content (AvgIpc) is 4.00. The van der Waals surface area contributed by atoms with Gasteiger partial charge in [-0.2, -0.15) is 10.2 Å². The second-order valence-corrected chi connectivity index (χ2v) is 15.2. The number of aryl methyl sites for hydroxylation is 4. The van der Waals surface area contributed by atoms with Crippen molar-refractivity contribution in [3.63, 3.8) is 0 Å². The number of carbonyl (C=O) groups is 5. The molecule has 4 amide bonds. The third-order valence-electron chi connectivity index (χ3n) is 10.2. The summed E-state index contributed by atoms with van der Waals surface area (Å²) in [6, 6.07) is 8.21. The number of allylic oxidation sites excluding steroid dienone is 2. The standard InChI is InChI=1S/C42H49N13O8/c1-7-54-30(16-23(3)49-54)38(58)47-41-45-27-18-25(36(43)56)20-32-34(27)52(41)12-9-10-13-53-35-28(46-42(53)48-39(59)31-17-24(4)50-55(31)8-2)19-26(21-33(35)63-15-11-14-62-32)37(57)44-29(40(60)61)22-51(5)6/h9-10,16-21,29H,7-8,11-15,22H2,1-6H3,(H2,43,56)(H,44,57)(H,60,61)(H,45,47,58)(H,46,48,59)/b10-9+/t29-/m0/s1. The van der Waals surface area contributed by atoms with Gasteiger partial charge in [-0.3, -0.25) is 39.2 Å². The summed E-state index contributed by atoms with van der Waals surface area (Å²) in [4.78, 5) is 76.9. The maximum atomic E-state index is 13.8. The third kappa shape index (κ3) is 9.22. The van der Waals surface area contributed by atoms with E-state index in [0.29, 0.717) is 64.6 Å². The van der Waals surface area contributed by atoms with Crippen LogP contribution in [0.2, 0.25) is 0 Å². The molecule has 2 aromatic carbocycles. The van der Waals surface area contributed by atoms with E-state index >= 15 is 0 Å². The number of carbonyl (C=O) groups excluding carboxylic acids is 4. The van der Waals surface area contributed by atoms with Crippen LogP contribution in [0.1, 0.15) is 73.3 Å². The van der Waals surface area contributed by atoms with Gasteiger partial charge in [0.05, 0.1) is 35.6 Å². The van der Waals surface area contributed by atoms with Gasteiger partial charge in [0.15, 0.2) is 0 Å². The fourth-order valence-electron chi connectivity index (χ4n) is 7.34. The molecule has 0 fully saturated rings. The smallest absolute Gasteiger partial charge is 0.327 e. The first-order valence-electron chi connectivity index (χ1n) is 20.3. The molecule has 63 heavy (non-hydrogen) atoms. The minimum Gasteiger partial charge on any atom is -0.491 e. The molecule has 7 rings (SSSR count). The molecule has 0 radical (unpaired) electrons. The first-order valence-corrected chi connectivity index (χ1v) is 20.3. The minimum atomic E-state index is -1.21. The van der Waals surface area contributed by atoms with Crippen molar-refractivity contribution in [2.24, 2.45) is 5.73 Å². The molecule has 1 aliphatic heterocycles. The van der Waals surface area contributed by atoms with Crippen LogP contribution in [-0.2, 0) is 31.0 Å². The second kappa shape index (κ2) is 18.2. The van der Waals surface area contributed by atoms with Gasteiger partial charge in [-0.1, -0.05) is 12.2 Å². The van der Waals surface area contributed by atoms with Gasteiger partial charge in [-0.25, -0.2) is 14.8 Å². The molecule has 6 N–H and O–H groups in total. The van der Waals surface area contributed by atoms with Gasteiger partial charge in [0, 0.05) is 50.3 Å². The summed E-state index contributed by atoms with van der Waals surface area (Å²) < 4.78 is 19.3. The summed E-state index contributed by atoms with van der Waals surface area (Å²) >= 11 is 0. The van der Waals surface area contributed by atoms with E-state index in [9.17, 15) is 29.1 Å². The van der Waals surface area contributed by atoms with E-state index in [1.165, 1.54) is 24.3 Å². The Hall–Kier alpha value is -7.55. The number of nitrogens with zero attached hydrogens (tertiary/aromatic N) is 9. The van der Waals surface area contributed by atoms with Crippen molar-refractivity contribution < 1.29 is 38.6 Å². The molecule has 0 spiro atoms. The lowest BCUT2D eigenvalue weighted by molar-refractivity contribution is -0.139. The molecule has 21 nitrogen and oxygen atoms in total. The first kappa shape index (κ1) is 43.5. The Labute approximate surface area is 360 Å². The van der Waals surface area contributed by atoms with Gasteiger partial charge >= 0.3 is 5.97 Å². The van der Waals surface area contributed by atoms with Crippen molar-refractivity contribution in [3.8, 4) is 11.5 Å². The monoisotopic (exact) mass is 863 g/mol. The number of benzene rings is 2. The number of hydrogen-bond acceptors (Lipinski definition) is 12. The predicted octanol–water partition coefficient (Wildman–Crippen LogP) is 3.20. The summed E-state index contributed by atoms with van der Waals surface area (Å²) in [7, 11) is 3.40.